The molecule has 1 N–H and O–H groups in total. The number of hydrogen-bond acceptors (Lipinski definition) is 2. The number of alkyl halides is 5. The van der Waals surface area contributed by atoms with Crippen LogP contribution in [-0.4, -0.2) is 24.6 Å². The van der Waals surface area contributed by atoms with Gasteiger partial charge in [0, 0.05) is 5.69 Å². The molecule has 8 heteroatoms. The molecule has 106 valence electrons. The van der Waals surface area contributed by atoms with E-state index in [0.717, 1.165) is 12.1 Å². The molecule has 0 spiro atoms. The molecule has 1 amide bonds. The summed E-state index contributed by atoms with van der Waals surface area (Å²) in [5.41, 5.74) is -0.183. The third kappa shape index (κ3) is 3.55. The van der Waals surface area contributed by atoms with Crippen molar-refractivity contribution in [3.8, 4) is 5.75 Å². The molecule has 19 heavy (non-hydrogen) atoms. The Balaban J connectivity index is 2.77. The zero-order valence-corrected chi connectivity index (χ0v) is 9.72. The summed E-state index contributed by atoms with van der Waals surface area (Å²) in [5.74, 6) is -7.46. The quantitative estimate of drug-likeness (QED) is 0.862. The Kier molecular flexibility index (Phi) is 4.33. The van der Waals surface area contributed by atoms with Gasteiger partial charge in [-0.05, 0) is 31.2 Å². The van der Waals surface area contributed by atoms with Crippen molar-refractivity contribution < 1.29 is 31.5 Å². The first kappa shape index (κ1) is 15.2. The van der Waals surface area contributed by atoms with Gasteiger partial charge in [-0.25, -0.2) is 0 Å². The standard InChI is InChI=1S/C11H10F5NO2/c1-2-19-8-5-3-7(4-6-8)17-9(18)10(12,13)11(14,15)16/h3-6H,2H2,1H3,(H,17,18). The highest BCUT2D eigenvalue weighted by Crippen LogP contribution is 2.36. The largest absolute Gasteiger partial charge is 0.494 e. The molecule has 0 aromatic heterocycles. The maximum absolute atomic E-state index is 12.6. The minimum atomic E-state index is -5.93. The Bertz CT molecular complexity index is 441. The predicted molar refractivity (Wildman–Crippen MR) is 57.2 cm³/mol. The van der Waals surface area contributed by atoms with Gasteiger partial charge in [-0.15, -0.1) is 0 Å². The number of halogens is 5. The van der Waals surface area contributed by atoms with Gasteiger partial charge in [0.2, 0.25) is 0 Å². The van der Waals surface area contributed by atoms with Gasteiger partial charge in [-0.2, -0.15) is 22.0 Å². The summed E-state index contributed by atoms with van der Waals surface area (Å²) in [6.07, 6.45) is -5.93. The van der Waals surface area contributed by atoms with Crippen molar-refractivity contribution in [1.82, 2.24) is 0 Å². The van der Waals surface area contributed by atoms with Crippen LogP contribution in [0.3, 0.4) is 0 Å². The van der Waals surface area contributed by atoms with Crippen LogP contribution in [0.1, 0.15) is 6.92 Å². The lowest BCUT2D eigenvalue weighted by molar-refractivity contribution is -0.267. The highest BCUT2D eigenvalue weighted by Gasteiger charge is 2.63. The average Bonchev–Trinajstić information content (AvgIpc) is 2.30. The third-order valence-electron chi connectivity index (χ3n) is 2.06. The van der Waals surface area contributed by atoms with Gasteiger partial charge >= 0.3 is 18.0 Å². The van der Waals surface area contributed by atoms with E-state index in [1.807, 2.05) is 0 Å². The second-order valence-electron chi connectivity index (χ2n) is 3.48. The number of carbonyl (C=O) groups excluding carboxylic acids is 1. The summed E-state index contributed by atoms with van der Waals surface area (Å²) in [7, 11) is 0. The molecular formula is C11H10F5NO2. The van der Waals surface area contributed by atoms with Gasteiger partial charge in [-0.1, -0.05) is 0 Å². The maximum Gasteiger partial charge on any atom is 0.463 e. The summed E-state index contributed by atoms with van der Waals surface area (Å²) >= 11 is 0. The summed E-state index contributed by atoms with van der Waals surface area (Å²) in [5, 5.41) is 1.49. The smallest absolute Gasteiger partial charge is 0.463 e. The van der Waals surface area contributed by atoms with Crippen LogP contribution in [-0.2, 0) is 4.79 Å². The zero-order chi connectivity index (χ0) is 14.7. The molecule has 0 aliphatic heterocycles. The zero-order valence-electron chi connectivity index (χ0n) is 9.72. The van der Waals surface area contributed by atoms with Crippen molar-refractivity contribution in [2.75, 3.05) is 11.9 Å². The van der Waals surface area contributed by atoms with Crippen LogP contribution in [0.2, 0.25) is 0 Å². The minimum absolute atomic E-state index is 0.183. The molecule has 1 rings (SSSR count). The second-order valence-corrected chi connectivity index (χ2v) is 3.48. The number of ether oxygens (including phenoxy) is 1. The first-order valence-electron chi connectivity index (χ1n) is 5.17. The number of carbonyl (C=O) groups is 1. The second kappa shape index (κ2) is 5.41. The van der Waals surface area contributed by atoms with Crippen LogP contribution < -0.4 is 10.1 Å². The van der Waals surface area contributed by atoms with Crippen molar-refractivity contribution in [3.63, 3.8) is 0 Å². The Morgan fingerprint density at radius 3 is 2.11 bits per heavy atom. The Hall–Kier alpha value is -1.86. The van der Waals surface area contributed by atoms with E-state index in [2.05, 4.69) is 0 Å². The van der Waals surface area contributed by atoms with Crippen LogP contribution in [0, 0.1) is 0 Å². The van der Waals surface area contributed by atoms with Gasteiger partial charge in [0.25, 0.3) is 0 Å². The molecule has 0 heterocycles. The number of amides is 1. The number of rotatable bonds is 4. The van der Waals surface area contributed by atoms with Crippen molar-refractivity contribution in [3.05, 3.63) is 24.3 Å². The van der Waals surface area contributed by atoms with E-state index in [1.165, 1.54) is 17.4 Å². The first-order chi connectivity index (χ1) is 8.68. The van der Waals surface area contributed by atoms with E-state index in [4.69, 9.17) is 4.74 Å². The molecule has 1 aromatic rings. The molecule has 0 aliphatic rings. The highest BCUT2D eigenvalue weighted by atomic mass is 19.4. The van der Waals surface area contributed by atoms with Gasteiger partial charge in [0.1, 0.15) is 5.75 Å². The van der Waals surface area contributed by atoms with Crippen molar-refractivity contribution >= 4 is 11.6 Å². The van der Waals surface area contributed by atoms with Crippen molar-refractivity contribution in [2.45, 2.75) is 19.0 Å². The lowest BCUT2D eigenvalue weighted by atomic mass is 10.2. The molecule has 0 atom stereocenters. The van der Waals surface area contributed by atoms with Crippen molar-refractivity contribution in [2.24, 2.45) is 0 Å². The lowest BCUT2D eigenvalue weighted by Gasteiger charge is -2.18. The Morgan fingerprint density at radius 1 is 1.16 bits per heavy atom. The van der Waals surface area contributed by atoms with Crippen LogP contribution in [0.4, 0.5) is 27.6 Å². The molecular weight excluding hydrogens is 273 g/mol. The number of nitrogens with one attached hydrogen (secondary N) is 1. The van der Waals surface area contributed by atoms with E-state index in [0.29, 0.717) is 12.4 Å². The molecule has 0 unspecified atom stereocenters. The fourth-order valence-electron chi connectivity index (χ4n) is 1.14. The average molecular weight is 283 g/mol. The van der Waals surface area contributed by atoms with Gasteiger partial charge in [-0.3, -0.25) is 4.79 Å². The van der Waals surface area contributed by atoms with Crippen LogP contribution in [0.5, 0.6) is 5.75 Å². The molecule has 0 radical (unpaired) electrons. The Morgan fingerprint density at radius 2 is 1.68 bits per heavy atom. The van der Waals surface area contributed by atoms with Crippen LogP contribution in [0.25, 0.3) is 0 Å². The van der Waals surface area contributed by atoms with Crippen LogP contribution >= 0.6 is 0 Å². The number of benzene rings is 1. The summed E-state index contributed by atoms with van der Waals surface area (Å²) in [6.45, 7) is 2.09. The topological polar surface area (TPSA) is 38.3 Å². The molecule has 0 bridgehead atoms. The minimum Gasteiger partial charge on any atom is -0.494 e. The van der Waals surface area contributed by atoms with Gasteiger partial charge in [0.05, 0.1) is 6.61 Å². The molecule has 1 aromatic carbocycles. The lowest BCUT2D eigenvalue weighted by Crippen LogP contribution is -2.47. The Labute approximate surface area is 105 Å². The van der Waals surface area contributed by atoms with Crippen molar-refractivity contribution in [1.29, 1.82) is 0 Å². The summed E-state index contributed by atoms with van der Waals surface area (Å²) in [6, 6.07) is 5.00. The maximum atomic E-state index is 12.6. The van der Waals surface area contributed by atoms with Crippen LogP contribution in [0.15, 0.2) is 24.3 Å². The molecule has 0 saturated carbocycles. The van der Waals surface area contributed by atoms with E-state index in [1.54, 1.807) is 6.92 Å². The van der Waals surface area contributed by atoms with Gasteiger partial charge in [0.15, 0.2) is 0 Å². The summed E-state index contributed by atoms with van der Waals surface area (Å²) < 4.78 is 66.1. The normalized spacial score (nSPS) is 12.1. The van der Waals surface area contributed by atoms with E-state index >= 15 is 0 Å². The summed E-state index contributed by atoms with van der Waals surface area (Å²) in [4.78, 5) is 10.9. The van der Waals surface area contributed by atoms with E-state index in [-0.39, 0.29) is 5.69 Å². The predicted octanol–water partition coefficient (Wildman–Crippen LogP) is 3.22. The third-order valence-corrected chi connectivity index (χ3v) is 2.06. The fraction of sp³-hybridized carbons (Fsp3) is 0.364. The monoisotopic (exact) mass is 283 g/mol. The number of hydrogen-bond donors (Lipinski definition) is 1. The number of anilines is 1. The molecule has 3 nitrogen and oxygen atoms in total. The molecule has 0 aliphatic carbocycles. The highest BCUT2D eigenvalue weighted by molar-refractivity contribution is 5.96. The van der Waals surface area contributed by atoms with E-state index in [9.17, 15) is 26.7 Å². The molecule has 0 saturated heterocycles. The fourth-order valence-corrected chi connectivity index (χ4v) is 1.14. The van der Waals surface area contributed by atoms with Gasteiger partial charge < -0.3 is 10.1 Å². The molecule has 0 fully saturated rings. The SMILES string of the molecule is CCOc1ccc(NC(=O)C(F)(F)C(F)(F)F)cc1. The first-order valence-corrected chi connectivity index (χ1v) is 5.17. The van der Waals surface area contributed by atoms with E-state index < -0.39 is 18.0 Å².